The average molecular weight is 416 g/mol. The molecule has 8 nitrogen and oxygen atoms in total. The van der Waals surface area contributed by atoms with Crippen LogP contribution < -0.4 is 0 Å². The summed E-state index contributed by atoms with van der Waals surface area (Å²) in [5.74, 6) is 1.38. The van der Waals surface area contributed by atoms with Gasteiger partial charge in [-0.1, -0.05) is 0 Å². The first kappa shape index (κ1) is 19.4. The zero-order valence-electron chi connectivity index (χ0n) is 17.7. The molecule has 1 aromatic carbocycles. The van der Waals surface area contributed by atoms with Crippen LogP contribution in [0.3, 0.4) is 0 Å². The van der Waals surface area contributed by atoms with E-state index in [1.54, 1.807) is 12.5 Å². The van der Waals surface area contributed by atoms with Gasteiger partial charge in [0.15, 0.2) is 0 Å². The molecule has 1 N–H and O–H groups in total. The van der Waals surface area contributed by atoms with Crippen LogP contribution in [-0.2, 0) is 13.5 Å². The van der Waals surface area contributed by atoms with Gasteiger partial charge in [-0.25, -0.2) is 15.0 Å². The Morgan fingerprint density at radius 3 is 2.97 bits per heavy atom. The molecule has 8 heteroatoms. The van der Waals surface area contributed by atoms with E-state index in [0.717, 1.165) is 66.3 Å². The van der Waals surface area contributed by atoms with Crippen LogP contribution in [0.15, 0.2) is 43.1 Å². The highest BCUT2D eigenvalue weighted by Crippen LogP contribution is 2.24. The van der Waals surface area contributed by atoms with E-state index in [1.165, 1.54) is 0 Å². The fraction of sp³-hybridized carbons (Fsp3) is 0.348. The van der Waals surface area contributed by atoms with Crippen LogP contribution in [0.1, 0.15) is 34.7 Å². The molecule has 158 valence electrons. The van der Waals surface area contributed by atoms with Crippen LogP contribution in [0.4, 0.5) is 0 Å². The molecule has 1 aliphatic rings. The number of aryl methyl sites for hydroxylation is 1. The largest absolute Gasteiger partial charge is 0.345 e. The standard InChI is InChI=1S/C23H25N7O/c1-15-25-12-22(29(15)2)21-11-24-10-18(28-21)8-16-4-3-7-30(13-16)23(31)17-5-6-19-20(9-17)27-14-26-19/h5-6,9-12,14,16H,3-4,7-8,13H2,1-2H3,(H,26,27)/t16-/m1/s1. The molecule has 3 aromatic heterocycles. The molecule has 1 aliphatic heterocycles. The Morgan fingerprint density at radius 1 is 1.23 bits per heavy atom. The maximum Gasteiger partial charge on any atom is 0.253 e. The van der Waals surface area contributed by atoms with Crippen molar-refractivity contribution < 1.29 is 4.79 Å². The molecule has 0 bridgehead atoms. The van der Waals surface area contributed by atoms with Crippen LogP contribution >= 0.6 is 0 Å². The Morgan fingerprint density at radius 2 is 2.13 bits per heavy atom. The summed E-state index contributed by atoms with van der Waals surface area (Å²) < 4.78 is 2.02. The number of carbonyl (C=O) groups is 1. The summed E-state index contributed by atoms with van der Waals surface area (Å²) in [6.07, 6.45) is 9.98. The Bertz CT molecular complexity index is 1240. The van der Waals surface area contributed by atoms with Crippen molar-refractivity contribution in [3.8, 4) is 11.4 Å². The molecule has 0 saturated carbocycles. The number of likely N-dealkylation sites (tertiary alicyclic amines) is 1. The molecular weight excluding hydrogens is 390 g/mol. The highest BCUT2D eigenvalue weighted by Gasteiger charge is 2.25. The number of benzene rings is 1. The number of piperidine rings is 1. The predicted molar refractivity (Wildman–Crippen MR) is 117 cm³/mol. The Hall–Kier alpha value is -3.55. The zero-order valence-corrected chi connectivity index (χ0v) is 17.7. The summed E-state index contributed by atoms with van der Waals surface area (Å²) in [4.78, 5) is 36.0. The Kier molecular flexibility index (Phi) is 4.97. The smallest absolute Gasteiger partial charge is 0.253 e. The molecule has 5 rings (SSSR count). The average Bonchev–Trinajstić information content (AvgIpc) is 3.39. The number of fused-ring (bicyclic) bond motifs is 1. The van der Waals surface area contributed by atoms with Gasteiger partial charge in [0.05, 0.1) is 41.1 Å². The normalized spacial score (nSPS) is 16.7. The topological polar surface area (TPSA) is 92.6 Å². The lowest BCUT2D eigenvalue weighted by atomic mass is 9.93. The highest BCUT2D eigenvalue weighted by molar-refractivity contribution is 5.97. The summed E-state index contributed by atoms with van der Waals surface area (Å²) in [7, 11) is 1.98. The van der Waals surface area contributed by atoms with E-state index in [0.29, 0.717) is 11.5 Å². The molecule has 1 atom stereocenters. The maximum absolute atomic E-state index is 13.1. The molecule has 4 aromatic rings. The molecule has 0 radical (unpaired) electrons. The first-order valence-corrected chi connectivity index (χ1v) is 10.6. The van der Waals surface area contributed by atoms with Gasteiger partial charge in [-0.15, -0.1) is 0 Å². The quantitative estimate of drug-likeness (QED) is 0.553. The van der Waals surface area contributed by atoms with Gasteiger partial charge in [-0.2, -0.15) is 0 Å². The SMILES string of the molecule is Cc1ncc(-c2cncc(C[C@H]3CCCN(C(=O)c4ccc5nc[nH]c5c4)C3)n2)n1C. The minimum absolute atomic E-state index is 0.0754. The Balaban J connectivity index is 1.30. The van der Waals surface area contributed by atoms with E-state index >= 15 is 0 Å². The van der Waals surface area contributed by atoms with Gasteiger partial charge < -0.3 is 14.5 Å². The molecule has 1 fully saturated rings. The molecule has 0 aliphatic carbocycles. The van der Waals surface area contributed by atoms with Crippen molar-refractivity contribution >= 4 is 16.9 Å². The molecule has 0 spiro atoms. The number of carbonyl (C=O) groups excluding carboxylic acids is 1. The van der Waals surface area contributed by atoms with Gasteiger partial charge in [0.1, 0.15) is 11.5 Å². The second-order valence-corrected chi connectivity index (χ2v) is 8.24. The minimum atomic E-state index is 0.0754. The van der Waals surface area contributed by atoms with E-state index in [4.69, 9.17) is 4.98 Å². The van der Waals surface area contributed by atoms with E-state index in [1.807, 2.05) is 54.0 Å². The van der Waals surface area contributed by atoms with Crippen molar-refractivity contribution in [2.24, 2.45) is 13.0 Å². The first-order chi connectivity index (χ1) is 15.1. The van der Waals surface area contributed by atoms with Gasteiger partial charge in [0.25, 0.3) is 5.91 Å². The Labute approximate surface area is 180 Å². The van der Waals surface area contributed by atoms with E-state index in [-0.39, 0.29) is 5.91 Å². The number of nitrogens with zero attached hydrogens (tertiary/aromatic N) is 6. The van der Waals surface area contributed by atoms with Crippen LogP contribution in [0, 0.1) is 12.8 Å². The number of aromatic amines is 1. The number of amides is 1. The lowest BCUT2D eigenvalue weighted by molar-refractivity contribution is 0.0673. The fourth-order valence-electron chi connectivity index (χ4n) is 4.33. The number of rotatable bonds is 4. The third-order valence-corrected chi connectivity index (χ3v) is 6.14. The van der Waals surface area contributed by atoms with Crippen LogP contribution in [-0.4, -0.2) is 53.4 Å². The summed E-state index contributed by atoms with van der Waals surface area (Å²) >= 11 is 0. The molecule has 1 amide bonds. The number of aromatic nitrogens is 6. The van der Waals surface area contributed by atoms with Gasteiger partial charge in [0, 0.05) is 31.9 Å². The number of hydrogen-bond donors (Lipinski definition) is 1. The third-order valence-electron chi connectivity index (χ3n) is 6.14. The van der Waals surface area contributed by atoms with E-state index < -0.39 is 0 Å². The van der Waals surface area contributed by atoms with Crippen molar-refractivity contribution in [3.05, 3.63) is 60.2 Å². The van der Waals surface area contributed by atoms with E-state index in [9.17, 15) is 4.79 Å². The molecular formula is C23H25N7O. The lowest BCUT2D eigenvalue weighted by Gasteiger charge is -2.32. The number of hydrogen-bond acceptors (Lipinski definition) is 5. The van der Waals surface area contributed by atoms with Gasteiger partial charge in [0.2, 0.25) is 0 Å². The van der Waals surface area contributed by atoms with Gasteiger partial charge >= 0.3 is 0 Å². The molecule has 0 unspecified atom stereocenters. The van der Waals surface area contributed by atoms with Crippen molar-refractivity contribution in [2.75, 3.05) is 13.1 Å². The van der Waals surface area contributed by atoms with Crippen molar-refractivity contribution in [1.29, 1.82) is 0 Å². The number of H-pyrrole nitrogens is 1. The molecule has 31 heavy (non-hydrogen) atoms. The van der Waals surface area contributed by atoms with Gasteiger partial charge in [-0.3, -0.25) is 9.78 Å². The van der Waals surface area contributed by atoms with Crippen LogP contribution in [0.25, 0.3) is 22.4 Å². The zero-order chi connectivity index (χ0) is 21.4. The second-order valence-electron chi connectivity index (χ2n) is 8.24. The van der Waals surface area contributed by atoms with Crippen molar-refractivity contribution in [3.63, 3.8) is 0 Å². The molecule has 4 heterocycles. The van der Waals surface area contributed by atoms with Gasteiger partial charge in [-0.05, 0) is 50.3 Å². The van der Waals surface area contributed by atoms with Crippen LogP contribution in [0.2, 0.25) is 0 Å². The number of imidazole rings is 2. The van der Waals surface area contributed by atoms with E-state index in [2.05, 4.69) is 19.9 Å². The van der Waals surface area contributed by atoms with Crippen molar-refractivity contribution in [2.45, 2.75) is 26.2 Å². The van der Waals surface area contributed by atoms with Crippen molar-refractivity contribution in [1.82, 2.24) is 34.4 Å². The summed E-state index contributed by atoms with van der Waals surface area (Å²) in [6, 6.07) is 5.64. The second kappa shape index (κ2) is 7.94. The monoisotopic (exact) mass is 415 g/mol. The summed E-state index contributed by atoms with van der Waals surface area (Å²) in [5, 5.41) is 0. The minimum Gasteiger partial charge on any atom is -0.345 e. The lowest BCUT2D eigenvalue weighted by Crippen LogP contribution is -2.40. The summed E-state index contributed by atoms with van der Waals surface area (Å²) in [6.45, 7) is 3.49. The predicted octanol–water partition coefficient (Wildman–Crippen LogP) is 3.16. The number of nitrogens with one attached hydrogen (secondary N) is 1. The summed E-state index contributed by atoms with van der Waals surface area (Å²) in [5.41, 5.74) is 5.20. The van der Waals surface area contributed by atoms with Crippen LogP contribution in [0.5, 0.6) is 0 Å². The maximum atomic E-state index is 13.1. The highest BCUT2D eigenvalue weighted by atomic mass is 16.2. The first-order valence-electron chi connectivity index (χ1n) is 10.6. The molecule has 1 saturated heterocycles. The fourth-order valence-corrected chi connectivity index (χ4v) is 4.33. The third kappa shape index (κ3) is 3.81.